The number of nitrogens with zero attached hydrogens (tertiary/aromatic N) is 2. The maximum absolute atomic E-state index is 14.7. The zero-order chi connectivity index (χ0) is 42.4. The average molecular weight is 827 g/mol. The van der Waals surface area contributed by atoms with Crippen molar-refractivity contribution in [3.05, 3.63) is 53.6 Å². The number of carbonyl (C=O) groups is 6. The molecule has 6 atom stereocenters. The van der Waals surface area contributed by atoms with Gasteiger partial charge < -0.3 is 35.1 Å². The third-order valence-corrected chi connectivity index (χ3v) is 12.7. The van der Waals surface area contributed by atoms with Gasteiger partial charge in [-0.25, -0.2) is 18.0 Å². The van der Waals surface area contributed by atoms with E-state index in [2.05, 4.69) is 27.3 Å². The largest absolute Gasteiger partial charge is 0.444 e. The molecule has 18 heteroatoms. The fourth-order valence-electron chi connectivity index (χ4n) is 7.46. The van der Waals surface area contributed by atoms with Crippen LogP contribution < -0.4 is 20.7 Å². The molecule has 1 aromatic carbocycles. The molecule has 17 nitrogen and oxygen atoms in total. The van der Waals surface area contributed by atoms with Crippen molar-refractivity contribution in [1.29, 1.82) is 0 Å². The van der Waals surface area contributed by atoms with Gasteiger partial charge in [0.2, 0.25) is 27.7 Å². The maximum Gasteiger partial charge on any atom is 0.410 e. The number of hydrogen-bond acceptors (Lipinski definition) is 11. The molecule has 0 aromatic heterocycles. The van der Waals surface area contributed by atoms with Crippen LogP contribution in [0, 0.1) is 11.3 Å². The van der Waals surface area contributed by atoms with Gasteiger partial charge in [0.15, 0.2) is 0 Å². The molecule has 3 aliphatic heterocycles. The summed E-state index contributed by atoms with van der Waals surface area (Å²) in [6.07, 6.45) is 3.31. The fourth-order valence-corrected chi connectivity index (χ4v) is 8.83. The Balaban J connectivity index is 1.32. The highest BCUT2D eigenvalue weighted by Gasteiger charge is 2.62. The van der Waals surface area contributed by atoms with Gasteiger partial charge in [0, 0.05) is 18.9 Å². The van der Waals surface area contributed by atoms with Crippen molar-refractivity contribution in [3.8, 4) is 0 Å². The maximum atomic E-state index is 14.7. The van der Waals surface area contributed by atoms with E-state index in [9.17, 15) is 37.2 Å². The number of hydrogen-bond donors (Lipinski definition) is 4. The van der Waals surface area contributed by atoms with E-state index in [0.29, 0.717) is 12.8 Å². The summed E-state index contributed by atoms with van der Waals surface area (Å²) in [5, 5.41) is 7.36. The Morgan fingerprint density at radius 3 is 2.43 bits per heavy atom. The third kappa shape index (κ3) is 9.49. The molecule has 0 radical (unpaired) electrons. The van der Waals surface area contributed by atoms with Crippen LogP contribution in [0.3, 0.4) is 0 Å². The molecular formula is C40H54N6O11S. The highest BCUT2D eigenvalue weighted by Crippen LogP contribution is 2.45. The van der Waals surface area contributed by atoms with Gasteiger partial charge in [-0.2, -0.15) is 0 Å². The van der Waals surface area contributed by atoms with Crippen molar-refractivity contribution in [2.24, 2.45) is 11.3 Å². The van der Waals surface area contributed by atoms with E-state index in [1.54, 1.807) is 47.6 Å². The zero-order valence-corrected chi connectivity index (χ0v) is 34.6. The van der Waals surface area contributed by atoms with Gasteiger partial charge in [0.1, 0.15) is 35.4 Å². The molecule has 3 fully saturated rings. The molecule has 0 spiro atoms. The van der Waals surface area contributed by atoms with Crippen LogP contribution in [0.1, 0.15) is 83.9 Å². The second-order valence-electron chi connectivity index (χ2n) is 17.7. The Kier molecular flexibility index (Phi) is 11.8. The predicted molar refractivity (Wildman–Crippen MR) is 210 cm³/mol. The summed E-state index contributed by atoms with van der Waals surface area (Å²) in [5.74, 6) is -3.73. The average Bonchev–Trinajstić information content (AvgIpc) is 4.01. The van der Waals surface area contributed by atoms with Gasteiger partial charge >= 0.3 is 12.2 Å². The molecule has 6 amide bonds. The Hall–Kier alpha value is -4.97. The summed E-state index contributed by atoms with van der Waals surface area (Å²) in [6, 6.07) is 1.77. The second-order valence-corrected chi connectivity index (χ2v) is 19.7. The molecule has 1 aromatic rings. The molecule has 1 saturated heterocycles. The number of amides is 6. The van der Waals surface area contributed by atoms with Crippen LogP contribution in [-0.4, -0.2) is 114 Å². The van der Waals surface area contributed by atoms with Crippen LogP contribution in [0.15, 0.2) is 36.9 Å². The minimum atomic E-state index is -3.96. The smallest absolute Gasteiger partial charge is 0.410 e. The van der Waals surface area contributed by atoms with Crippen LogP contribution in [0.25, 0.3) is 6.08 Å². The zero-order valence-electron chi connectivity index (χ0n) is 33.8. The van der Waals surface area contributed by atoms with Gasteiger partial charge in [-0.15, -0.1) is 6.58 Å². The fraction of sp³-hybridized carbons (Fsp3) is 0.600. The molecular weight excluding hydrogens is 773 g/mol. The van der Waals surface area contributed by atoms with Crippen LogP contribution >= 0.6 is 0 Å². The quantitative estimate of drug-likeness (QED) is 0.292. The number of rotatable bonds is 7. The number of alkyl carbamates (subject to hydrolysis) is 1. The van der Waals surface area contributed by atoms with Crippen LogP contribution in [0.2, 0.25) is 0 Å². The molecule has 316 valence electrons. The number of carbonyl (C=O) groups excluding carboxylic acids is 6. The van der Waals surface area contributed by atoms with E-state index >= 15 is 0 Å². The van der Waals surface area contributed by atoms with E-state index < -0.39 is 97.8 Å². The van der Waals surface area contributed by atoms with E-state index in [1.807, 2.05) is 24.3 Å². The lowest BCUT2D eigenvalue weighted by Crippen LogP contribution is -2.62. The molecule has 4 N–H and O–H groups in total. The summed E-state index contributed by atoms with van der Waals surface area (Å²) >= 11 is 0. The highest BCUT2D eigenvalue weighted by atomic mass is 32.2. The lowest BCUT2D eigenvalue weighted by Gasteiger charge is -2.36. The molecule has 5 aliphatic rings. The van der Waals surface area contributed by atoms with Crippen molar-refractivity contribution < 1.29 is 51.4 Å². The van der Waals surface area contributed by atoms with E-state index in [0.717, 1.165) is 16.7 Å². The Morgan fingerprint density at radius 2 is 1.79 bits per heavy atom. The molecule has 4 bridgehead atoms. The van der Waals surface area contributed by atoms with Crippen molar-refractivity contribution >= 4 is 51.9 Å². The van der Waals surface area contributed by atoms with Crippen molar-refractivity contribution in [2.75, 3.05) is 19.8 Å². The van der Waals surface area contributed by atoms with E-state index in [4.69, 9.17) is 14.2 Å². The Labute approximate surface area is 338 Å². The minimum Gasteiger partial charge on any atom is -0.444 e. The van der Waals surface area contributed by atoms with Crippen molar-refractivity contribution in [3.63, 3.8) is 0 Å². The number of sulfonamides is 1. The minimum absolute atomic E-state index is 0.0574. The first kappa shape index (κ1) is 42.6. The lowest BCUT2D eigenvalue weighted by atomic mass is 9.85. The summed E-state index contributed by atoms with van der Waals surface area (Å²) in [7, 11) is -3.96. The normalized spacial score (nSPS) is 28.5. The van der Waals surface area contributed by atoms with E-state index in [1.165, 1.54) is 15.9 Å². The number of ether oxygens (including phenoxy) is 3. The van der Waals surface area contributed by atoms with Crippen molar-refractivity contribution in [1.82, 2.24) is 30.5 Å². The number of fused-ring (bicyclic) bond motifs is 3. The standard InChI is InChI=1S/C40H54N6O11S/c1-8-25-18-40(25,35(50)44-58(53,54)27-14-15-27)43-33(48)30-17-26-20-46(30)34(49)31(38(2,3)4)42-32(47)29(41-36(51)57-39(5,6)7)22-55-16-10-13-23-11-9-12-24-19-45(21-28(23)24)37(52)56-26/h8-13,25-27,29-31H,1,14-22H2,2-7H3,(H,41,51)(H,42,47)(H,43,48)(H,44,50)/b13-10-/t25-,26-,29-,30+,31-,40-/m1/s1. The lowest BCUT2D eigenvalue weighted by molar-refractivity contribution is -0.145. The summed E-state index contributed by atoms with van der Waals surface area (Å²) in [6.45, 7) is 14.0. The molecule has 0 unspecified atom stereocenters. The predicted octanol–water partition coefficient (Wildman–Crippen LogP) is 2.25. The van der Waals surface area contributed by atoms with Crippen LogP contribution in [0.5, 0.6) is 0 Å². The monoisotopic (exact) mass is 826 g/mol. The van der Waals surface area contributed by atoms with Gasteiger partial charge in [-0.3, -0.25) is 28.8 Å². The first-order chi connectivity index (χ1) is 27.1. The molecule has 3 heterocycles. The Morgan fingerprint density at radius 1 is 1.07 bits per heavy atom. The molecule has 58 heavy (non-hydrogen) atoms. The van der Waals surface area contributed by atoms with Crippen molar-refractivity contribution in [2.45, 2.75) is 121 Å². The van der Waals surface area contributed by atoms with E-state index in [-0.39, 0.29) is 45.7 Å². The van der Waals surface area contributed by atoms with Gasteiger partial charge in [-0.05, 0) is 62.1 Å². The molecule has 6 rings (SSSR count). The van der Waals surface area contributed by atoms with Gasteiger partial charge in [0.05, 0.1) is 31.6 Å². The first-order valence-corrected chi connectivity index (χ1v) is 21.1. The SMILES string of the molecule is C=C[C@@H]1C[C@]1(NC(=O)[C@@H]1C[C@@H]2CN1C(=O)[C@H](C(C)(C)C)NC(=O)[C@H](NC(=O)OC(C)(C)C)COC/C=C\c1cccc3c1CN(C3)C(=O)O2)C(=O)NS(=O)(=O)C1CC1. The second kappa shape index (κ2) is 16.0. The van der Waals surface area contributed by atoms with Crippen LogP contribution in [-0.2, 0) is 56.5 Å². The topological polar surface area (TPSA) is 219 Å². The van der Waals surface area contributed by atoms with Crippen LogP contribution in [0.4, 0.5) is 9.59 Å². The van der Waals surface area contributed by atoms with Gasteiger partial charge in [0.25, 0.3) is 5.91 Å². The number of benzene rings is 1. The summed E-state index contributed by atoms with van der Waals surface area (Å²) in [4.78, 5) is 86.0. The summed E-state index contributed by atoms with van der Waals surface area (Å²) < 4.78 is 44.8. The third-order valence-electron chi connectivity index (χ3n) is 10.8. The highest BCUT2D eigenvalue weighted by molar-refractivity contribution is 7.91. The first-order valence-electron chi connectivity index (χ1n) is 19.5. The molecule has 2 aliphatic carbocycles. The summed E-state index contributed by atoms with van der Waals surface area (Å²) in [5.41, 5.74) is -0.827. The van der Waals surface area contributed by atoms with Gasteiger partial charge in [-0.1, -0.05) is 57.2 Å². The Bertz CT molecular complexity index is 2000. The molecule has 2 saturated carbocycles. The number of nitrogens with one attached hydrogen (secondary N) is 4.